The highest BCUT2D eigenvalue weighted by Gasteiger charge is 2.30. The van der Waals surface area contributed by atoms with Crippen LogP contribution in [0.15, 0.2) is 61.2 Å². The van der Waals surface area contributed by atoms with Gasteiger partial charge in [-0.15, -0.1) is 0 Å². The van der Waals surface area contributed by atoms with E-state index in [9.17, 15) is 18.3 Å². The molecule has 0 saturated heterocycles. The van der Waals surface area contributed by atoms with Crippen LogP contribution in [-0.2, 0) is 6.18 Å². The molecule has 0 amide bonds. The maximum atomic E-state index is 12.5. The third kappa shape index (κ3) is 4.16. The minimum Gasteiger partial charge on any atom is -0.491 e. The summed E-state index contributed by atoms with van der Waals surface area (Å²) in [5.74, 6) is 0.523. The van der Waals surface area contributed by atoms with Gasteiger partial charge in [0.15, 0.2) is 0 Å². The second kappa shape index (κ2) is 6.94. The van der Waals surface area contributed by atoms with Crippen molar-refractivity contribution >= 4 is 0 Å². The summed E-state index contributed by atoms with van der Waals surface area (Å²) in [7, 11) is 0. The number of hydrogen-bond acceptors (Lipinski definition) is 4. The standard InChI is InChI=1S/C17H14F3N3O2/c18-17(19,20)13-3-1-12(2-4-13)16(24)9-25-15-7-5-14(6-8-15)23-11-21-10-22-23/h1-8,10-11,16,24H,9H2. The van der Waals surface area contributed by atoms with E-state index in [0.717, 1.165) is 17.8 Å². The average molecular weight is 349 g/mol. The molecule has 3 rings (SSSR count). The van der Waals surface area contributed by atoms with Crippen molar-refractivity contribution in [2.45, 2.75) is 12.3 Å². The molecule has 1 N–H and O–H groups in total. The first-order valence-corrected chi connectivity index (χ1v) is 7.36. The van der Waals surface area contributed by atoms with Crippen molar-refractivity contribution in [3.63, 3.8) is 0 Å². The van der Waals surface area contributed by atoms with Crippen LogP contribution in [0, 0.1) is 0 Å². The van der Waals surface area contributed by atoms with Crippen molar-refractivity contribution in [1.29, 1.82) is 0 Å². The van der Waals surface area contributed by atoms with Gasteiger partial charge in [-0.2, -0.15) is 18.3 Å². The van der Waals surface area contributed by atoms with Crippen molar-refractivity contribution < 1.29 is 23.0 Å². The molecule has 25 heavy (non-hydrogen) atoms. The average Bonchev–Trinajstić information content (AvgIpc) is 3.14. The first kappa shape index (κ1) is 17.0. The monoisotopic (exact) mass is 349 g/mol. The van der Waals surface area contributed by atoms with Crippen LogP contribution in [0.3, 0.4) is 0 Å². The number of ether oxygens (including phenoxy) is 1. The molecule has 2 aromatic carbocycles. The van der Waals surface area contributed by atoms with Gasteiger partial charge in [-0.25, -0.2) is 9.67 Å². The fourth-order valence-corrected chi connectivity index (χ4v) is 2.20. The summed E-state index contributed by atoms with van der Waals surface area (Å²) in [5.41, 5.74) is 0.397. The smallest absolute Gasteiger partial charge is 0.416 e. The zero-order chi connectivity index (χ0) is 17.9. The number of halogens is 3. The lowest BCUT2D eigenvalue weighted by Gasteiger charge is -2.14. The van der Waals surface area contributed by atoms with Gasteiger partial charge in [0.25, 0.3) is 0 Å². The molecule has 3 aromatic rings. The minimum absolute atomic E-state index is 0.0754. The number of benzene rings is 2. The van der Waals surface area contributed by atoms with Gasteiger partial charge in [-0.3, -0.25) is 0 Å². The minimum atomic E-state index is -4.40. The Hall–Kier alpha value is -2.87. The second-order valence-electron chi connectivity index (χ2n) is 5.28. The number of aliphatic hydroxyl groups excluding tert-OH is 1. The van der Waals surface area contributed by atoms with Crippen molar-refractivity contribution in [2.75, 3.05) is 6.61 Å². The molecule has 0 fully saturated rings. The molecule has 0 spiro atoms. The second-order valence-corrected chi connectivity index (χ2v) is 5.28. The van der Waals surface area contributed by atoms with Crippen LogP contribution in [0.4, 0.5) is 13.2 Å². The Morgan fingerprint density at radius 2 is 1.72 bits per heavy atom. The maximum Gasteiger partial charge on any atom is 0.416 e. The highest BCUT2D eigenvalue weighted by molar-refractivity contribution is 5.36. The fraction of sp³-hybridized carbons (Fsp3) is 0.176. The number of nitrogens with zero attached hydrogens (tertiary/aromatic N) is 3. The summed E-state index contributed by atoms with van der Waals surface area (Å²) in [6.45, 7) is -0.0754. The number of aromatic nitrogens is 3. The zero-order valence-electron chi connectivity index (χ0n) is 12.9. The lowest BCUT2D eigenvalue weighted by Crippen LogP contribution is -2.11. The van der Waals surface area contributed by atoms with Crippen LogP contribution in [0.1, 0.15) is 17.2 Å². The Balaban J connectivity index is 1.59. The molecule has 0 bridgehead atoms. The van der Waals surface area contributed by atoms with E-state index in [1.165, 1.54) is 18.5 Å². The van der Waals surface area contributed by atoms with Gasteiger partial charge in [-0.05, 0) is 42.0 Å². The Labute approximate surface area is 141 Å². The molecule has 0 aliphatic heterocycles. The normalized spacial score (nSPS) is 12.8. The lowest BCUT2D eigenvalue weighted by molar-refractivity contribution is -0.137. The molecule has 1 unspecified atom stereocenters. The molecule has 1 aromatic heterocycles. The van der Waals surface area contributed by atoms with Crippen LogP contribution in [0.5, 0.6) is 5.75 Å². The summed E-state index contributed by atoms with van der Waals surface area (Å²) in [6, 6.07) is 11.3. The summed E-state index contributed by atoms with van der Waals surface area (Å²) < 4.78 is 44.6. The van der Waals surface area contributed by atoms with E-state index in [1.54, 1.807) is 35.3 Å². The van der Waals surface area contributed by atoms with Crippen molar-refractivity contribution in [2.24, 2.45) is 0 Å². The van der Waals surface area contributed by atoms with Gasteiger partial charge >= 0.3 is 6.18 Å². The van der Waals surface area contributed by atoms with Crippen LogP contribution in [0.25, 0.3) is 5.69 Å². The number of rotatable bonds is 5. The Bertz CT molecular complexity index is 801. The molecule has 0 aliphatic rings. The van der Waals surface area contributed by atoms with E-state index in [0.29, 0.717) is 11.3 Å². The third-order valence-corrected chi connectivity index (χ3v) is 3.55. The number of hydrogen-bond donors (Lipinski definition) is 1. The van der Waals surface area contributed by atoms with Gasteiger partial charge in [0, 0.05) is 0 Å². The van der Waals surface area contributed by atoms with E-state index < -0.39 is 17.8 Å². The first-order chi connectivity index (χ1) is 11.9. The molecule has 1 heterocycles. The molecule has 130 valence electrons. The predicted molar refractivity (Wildman–Crippen MR) is 83.3 cm³/mol. The molecule has 0 saturated carbocycles. The van der Waals surface area contributed by atoms with Crippen LogP contribution in [0.2, 0.25) is 0 Å². The van der Waals surface area contributed by atoms with Crippen molar-refractivity contribution in [3.8, 4) is 11.4 Å². The summed E-state index contributed by atoms with van der Waals surface area (Å²) in [4.78, 5) is 3.85. The molecular formula is C17H14F3N3O2. The quantitative estimate of drug-likeness (QED) is 0.767. The van der Waals surface area contributed by atoms with E-state index in [2.05, 4.69) is 10.1 Å². The molecule has 0 radical (unpaired) electrons. The zero-order valence-corrected chi connectivity index (χ0v) is 12.9. The van der Waals surface area contributed by atoms with Crippen LogP contribution < -0.4 is 4.74 Å². The summed E-state index contributed by atoms with van der Waals surface area (Å²) in [5, 5.41) is 14.1. The third-order valence-electron chi connectivity index (χ3n) is 3.55. The molecule has 0 aliphatic carbocycles. The Morgan fingerprint density at radius 3 is 2.28 bits per heavy atom. The van der Waals surface area contributed by atoms with E-state index in [1.807, 2.05) is 0 Å². The van der Waals surface area contributed by atoms with Gasteiger partial charge in [-0.1, -0.05) is 12.1 Å². The molecular weight excluding hydrogens is 335 g/mol. The Morgan fingerprint density at radius 1 is 1.04 bits per heavy atom. The van der Waals surface area contributed by atoms with E-state index >= 15 is 0 Å². The summed E-state index contributed by atoms with van der Waals surface area (Å²) >= 11 is 0. The predicted octanol–water partition coefficient (Wildman–Crippen LogP) is 3.40. The van der Waals surface area contributed by atoms with Crippen molar-refractivity contribution in [1.82, 2.24) is 14.8 Å². The number of aliphatic hydroxyl groups is 1. The van der Waals surface area contributed by atoms with E-state index in [-0.39, 0.29) is 6.61 Å². The topological polar surface area (TPSA) is 60.2 Å². The van der Waals surface area contributed by atoms with Gasteiger partial charge in [0.05, 0.1) is 11.3 Å². The lowest BCUT2D eigenvalue weighted by atomic mass is 10.1. The highest BCUT2D eigenvalue weighted by Crippen LogP contribution is 2.30. The maximum absolute atomic E-state index is 12.5. The van der Waals surface area contributed by atoms with Crippen molar-refractivity contribution in [3.05, 3.63) is 72.3 Å². The van der Waals surface area contributed by atoms with Crippen LogP contribution >= 0.6 is 0 Å². The SMILES string of the molecule is OC(COc1ccc(-n2cncn2)cc1)c1ccc(C(F)(F)F)cc1. The van der Waals surface area contributed by atoms with Crippen LogP contribution in [-0.4, -0.2) is 26.5 Å². The highest BCUT2D eigenvalue weighted by atomic mass is 19.4. The molecule has 5 nitrogen and oxygen atoms in total. The van der Waals surface area contributed by atoms with E-state index in [4.69, 9.17) is 4.74 Å². The number of alkyl halides is 3. The van der Waals surface area contributed by atoms with Gasteiger partial charge in [0.1, 0.15) is 31.1 Å². The molecule has 8 heteroatoms. The van der Waals surface area contributed by atoms with Gasteiger partial charge in [0.2, 0.25) is 0 Å². The largest absolute Gasteiger partial charge is 0.491 e. The summed E-state index contributed by atoms with van der Waals surface area (Å²) in [6.07, 6.45) is -2.45. The molecule has 1 atom stereocenters. The fourth-order valence-electron chi connectivity index (χ4n) is 2.20. The first-order valence-electron chi connectivity index (χ1n) is 7.36. The van der Waals surface area contributed by atoms with Gasteiger partial charge < -0.3 is 9.84 Å². The Kier molecular flexibility index (Phi) is 4.71.